The van der Waals surface area contributed by atoms with E-state index in [1.165, 1.54) is 0 Å². The van der Waals surface area contributed by atoms with Crippen molar-refractivity contribution in [3.05, 3.63) is 47.1 Å². The molecule has 0 atom stereocenters. The SMILES string of the molecule is Cc1ccccc1-c1nnc2c(N)c(Cl)ccn12. The third-order valence-corrected chi connectivity index (χ3v) is 3.28. The van der Waals surface area contributed by atoms with Crippen LogP contribution in [0, 0.1) is 6.92 Å². The Hall–Kier alpha value is -2.07. The zero-order chi connectivity index (χ0) is 12.7. The molecule has 0 fully saturated rings. The number of halogens is 1. The number of pyridine rings is 1. The lowest BCUT2D eigenvalue weighted by Crippen LogP contribution is -1.95. The summed E-state index contributed by atoms with van der Waals surface area (Å²) in [6, 6.07) is 9.76. The van der Waals surface area contributed by atoms with Crippen LogP contribution in [0.5, 0.6) is 0 Å². The molecule has 1 aromatic carbocycles. The number of nitrogens with two attached hydrogens (primary N) is 1. The number of anilines is 1. The molecule has 0 unspecified atom stereocenters. The molecule has 0 saturated heterocycles. The summed E-state index contributed by atoms with van der Waals surface area (Å²) in [4.78, 5) is 0. The van der Waals surface area contributed by atoms with Crippen LogP contribution < -0.4 is 5.73 Å². The van der Waals surface area contributed by atoms with Crippen LogP contribution in [-0.4, -0.2) is 14.6 Å². The lowest BCUT2D eigenvalue weighted by atomic mass is 10.1. The molecule has 0 aliphatic carbocycles. The normalized spacial score (nSPS) is 11.0. The van der Waals surface area contributed by atoms with E-state index in [-0.39, 0.29) is 0 Å². The van der Waals surface area contributed by atoms with Crippen molar-refractivity contribution in [2.45, 2.75) is 6.92 Å². The van der Waals surface area contributed by atoms with Crippen LogP contribution in [0.1, 0.15) is 5.56 Å². The summed E-state index contributed by atoms with van der Waals surface area (Å²) in [5.74, 6) is 0.770. The van der Waals surface area contributed by atoms with Crippen LogP contribution in [-0.2, 0) is 0 Å². The fourth-order valence-corrected chi connectivity index (χ4v) is 2.10. The molecule has 0 aliphatic heterocycles. The molecule has 0 bridgehead atoms. The molecule has 0 radical (unpaired) electrons. The van der Waals surface area contributed by atoms with Gasteiger partial charge in [-0.05, 0) is 18.6 Å². The molecule has 3 aromatic rings. The Balaban J connectivity index is 2.32. The van der Waals surface area contributed by atoms with E-state index >= 15 is 0 Å². The van der Waals surface area contributed by atoms with E-state index in [0.29, 0.717) is 16.4 Å². The van der Waals surface area contributed by atoms with Crippen molar-refractivity contribution in [3.8, 4) is 11.4 Å². The maximum absolute atomic E-state index is 5.97. The van der Waals surface area contributed by atoms with E-state index in [2.05, 4.69) is 10.2 Å². The lowest BCUT2D eigenvalue weighted by molar-refractivity contribution is 1.11. The number of hydrogen-bond acceptors (Lipinski definition) is 3. The predicted octanol–water partition coefficient (Wildman–Crippen LogP) is 2.94. The number of aromatic nitrogens is 3. The van der Waals surface area contributed by atoms with Crippen LogP contribution in [0.25, 0.3) is 17.0 Å². The smallest absolute Gasteiger partial charge is 0.185 e. The van der Waals surface area contributed by atoms with Gasteiger partial charge in [0.1, 0.15) is 0 Å². The maximum atomic E-state index is 5.97. The fraction of sp³-hybridized carbons (Fsp3) is 0.0769. The van der Waals surface area contributed by atoms with E-state index in [1.54, 1.807) is 6.07 Å². The predicted molar refractivity (Wildman–Crippen MR) is 72.6 cm³/mol. The largest absolute Gasteiger partial charge is 0.394 e. The molecule has 18 heavy (non-hydrogen) atoms. The molecule has 90 valence electrons. The Morgan fingerprint density at radius 3 is 2.72 bits per heavy atom. The topological polar surface area (TPSA) is 56.2 Å². The van der Waals surface area contributed by atoms with E-state index in [1.807, 2.05) is 41.8 Å². The summed E-state index contributed by atoms with van der Waals surface area (Å²) in [6.45, 7) is 2.04. The molecule has 0 saturated carbocycles. The van der Waals surface area contributed by atoms with E-state index in [0.717, 1.165) is 17.0 Å². The van der Waals surface area contributed by atoms with Crippen LogP contribution in [0.15, 0.2) is 36.5 Å². The average molecular weight is 259 g/mol. The summed E-state index contributed by atoms with van der Waals surface area (Å²) < 4.78 is 1.85. The molecular formula is C13H11ClN4. The third-order valence-electron chi connectivity index (χ3n) is 2.95. The van der Waals surface area contributed by atoms with Crippen LogP contribution >= 0.6 is 11.6 Å². The monoisotopic (exact) mass is 258 g/mol. The van der Waals surface area contributed by atoms with Gasteiger partial charge in [0, 0.05) is 11.8 Å². The zero-order valence-electron chi connectivity index (χ0n) is 9.76. The van der Waals surface area contributed by atoms with E-state index in [4.69, 9.17) is 17.3 Å². The number of benzene rings is 1. The summed E-state index contributed by atoms with van der Waals surface area (Å²) in [5, 5.41) is 8.79. The second-order valence-electron chi connectivity index (χ2n) is 4.11. The highest BCUT2D eigenvalue weighted by Gasteiger charge is 2.12. The second-order valence-corrected chi connectivity index (χ2v) is 4.52. The third kappa shape index (κ3) is 1.54. The first-order valence-corrected chi connectivity index (χ1v) is 5.91. The van der Waals surface area contributed by atoms with Gasteiger partial charge < -0.3 is 5.73 Å². The Bertz CT molecular complexity index is 733. The Labute approximate surface area is 109 Å². The molecule has 2 N–H and O–H groups in total. The Kier molecular flexibility index (Phi) is 2.45. The second kappa shape index (κ2) is 3.99. The van der Waals surface area contributed by atoms with Gasteiger partial charge in [-0.1, -0.05) is 35.9 Å². The molecular weight excluding hydrogens is 248 g/mol. The van der Waals surface area contributed by atoms with Crippen molar-refractivity contribution in [2.24, 2.45) is 0 Å². The highest BCUT2D eigenvalue weighted by atomic mass is 35.5. The van der Waals surface area contributed by atoms with Crippen molar-refractivity contribution < 1.29 is 0 Å². The number of rotatable bonds is 1. The van der Waals surface area contributed by atoms with Crippen molar-refractivity contribution in [2.75, 3.05) is 5.73 Å². The molecule has 2 aromatic heterocycles. The first-order valence-electron chi connectivity index (χ1n) is 5.53. The highest BCUT2D eigenvalue weighted by Crippen LogP contribution is 2.27. The number of aryl methyl sites for hydroxylation is 1. The van der Waals surface area contributed by atoms with Crippen LogP contribution in [0.3, 0.4) is 0 Å². The lowest BCUT2D eigenvalue weighted by Gasteiger charge is -2.04. The summed E-state index contributed by atoms with van der Waals surface area (Å²) in [5.41, 5.74) is 9.10. The number of fused-ring (bicyclic) bond motifs is 1. The van der Waals surface area contributed by atoms with Crippen molar-refractivity contribution in [3.63, 3.8) is 0 Å². The summed E-state index contributed by atoms with van der Waals surface area (Å²) in [6.07, 6.45) is 1.83. The van der Waals surface area contributed by atoms with Gasteiger partial charge in [0.25, 0.3) is 0 Å². The minimum atomic E-state index is 0.450. The van der Waals surface area contributed by atoms with Gasteiger partial charge in [-0.3, -0.25) is 4.40 Å². The molecule has 5 heteroatoms. The molecule has 0 spiro atoms. The minimum absolute atomic E-state index is 0.450. The average Bonchev–Trinajstić information content (AvgIpc) is 2.79. The minimum Gasteiger partial charge on any atom is -0.394 e. The first kappa shape index (κ1) is 11.0. The fourth-order valence-electron chi connectivity index (χ4n) is 1.96. The molecule has 0 amide bonds. The quantitative estimate of drug-likeness (QED) is 0.730. The highest BCUT2D eigenvalue weighted by molar-refractivity contribution is 6.33. The van der Waals surface area contributed by atoms with Gasteiger partial charge in [-0.2, -0.15) is 0 Å². The van der Waals surface area contributed by atoms with Gasteiger partial charge in [0.2, 0.25) is 0 Å². The van der Waals surface area contributed by atoms with Crippen LogP contribution in [0.4, 0.5) is 5.69 Å². The number of nitrogen functional groups attached to an aromatic ring is 1. The Morgan fingerprint density at radius 2 is 1.94 bits per heavy atom. The molecule has 4 nitrogen and oxygen atoms in total. The van der Waals surface area contributed by atoms with Crippen molar-refractivity contribution in [1.29, 1.82) is 0 Å². The summed E-state index contributed by atoms with van der Waals surface area (Å²) in [7, 11) is 0. The molecule has 2 heterocycles. The van der Waals surface area contributed by atoms with Gasteiger partial charge in [-0.15, -0.1) is 10.2 Å². The van der Waals surface area contributed by atoms with Gasteiger partial charge >= 0.3 is 0 Å². The van der Waals surface area contributed by atoms with E-state index < -0.39 is 0 Å². The number of nitrogens with zero attached hydrogens (tertiary/aromatic N) is 3. The first-order chi connectivity index (χ1) is 8.68. The van der Waals surface area contributed by atoms with E-state index in [9.17, 15) is 0 Å². The van der Waals surface area contributed by atoms with Crippen molar-refractivity contribution >= 4 is 22.9 Å². The van der Waals surface area contributed by atoms with Crippen molar-refractivity contribution in [1.82, 2.24) is 14.6 Å². The maximum Gasteiger partial charge on any atom is 0.185 e. The zero-order valence-corrected chi connectivity index (χ0v) is 10.5. The van der Waals surface area contributed by atoms with Gasteiger partial charge in [0.05, 0.1) is 10.7 Å². The number of hydrogen-bond donors (Lipinski definition) is 1. The van der Waals surface area contributed by atoms with Gasteiger partial charge in [0.15, 0.2) is 11.5 Å². The van der Waals surface area contributed by atoms with Gasteiger partial charge in [-0.25, -0.2) is 0 Å². The summed E-state index contributed by atoms with van der Waals surface area (Å²) >= 11 is 5.97. The van der Waals surface area contributed by atoms with Crippen LogP contribution in [0.2, 0.25) is 5.02 Å². The Morgan fingerprint density at radius 1 is 1.17 bits per heavy atom. The molecule has 0 aliphatic rings. The standard InChI is InChI=1S/C13H11ClN4/c1-8-4-2-3-5-9(8)12-16-17-13-11(15)10(14)6-7-18(12)13/h2-7H,15H2,1H3. The molecule has 3 rings (SSSR count).